The molecule has 0 N–H and O–H groups in total. The van der Waals surface area contributed by atoms with Gasteiger partial charge in [0.1, 0.15) is 12.4 Å². The highest BCUT2D eigenvalue weighted by Gasteiger charge is 2.38. The fourth-order valence-corrected chi connectivity index (χ4v) is 3.04. The SMILES string of the molecule is CCCN1CC(=O)N(c2ccnn2Cc2ccc(C(C)C)cc2)C1=O. The van der Waals surface area contributed by atoms with Crippen molar-refractivity contribution in [2.45, 2.75) is 39.7 Å². The summed E-state index contributed by atoms with van der Waals surface area (Å²) in [5.41, 5.74) is 2.36. The molecular formula is C19H24N4O2. The Hall–Kier alpha value is -2.63. The summed E-state index contributed by atoms with van der Waals surface area (Å²) in [5, 5.41) is 4.31. The molecule has 2 heterocycles. The average Bonchev–Trinajstić information content (AvgIpc) is 3.13. The molecule has 0 unspecified atom stereocenters. The first kappa shape index (κ1) is 17.2. The third-order valence-corrected chi connectivity index (χ3v) is 4.43. The van der Waals surface area contributed by atoms with Crippen LogP contribution in [0.25, 0.3) is 0 Å². The summed E-state index contributed by atoms with van der Waals surface area (Å²) in [7, 11) is 0. The minimum absolute atomic E-state index is 0.140. The first-order chi connectivity index (χ1) is 12.0. The van der Waals surface area contributed by atoms with Gasteiger partial charge in [0, 0.05) is 12.6 Å². The van der Waals surface area contributed by atoms with Crippen LogP contribution in [0.3, 0.4) is 0 Å². The van der Waals surface area contributed by atoms with Crippen LogP contribution in [0.5, 0.6) is 0 Å². The minimum Gasteiger partial charge on any atom is -0.315 e. The topological polar surface area (TPSA) is 58.4 Å². The van der Waals surface area contributed by atoms with E-state index in [0.29, 0.717) is 24.8 Å². The maximum Gasteiger partial charge on any atom is 0.333 e. The Labute approximate surface area is 148 Å². The van der Waals surface area contributed by atoms with Crippen LogP contribution in [0.1, 0.15) is 44.2 Å². The maximum atomic E-state index is 12.5. The van der Waals surface area contributed by atoms with Crippen molar-refractivity contribution in [3.63, 3.8) is 0 Å². The maximum absolute atomic E-state index is 12.5. The van der Waals surface area contributed by atoms with Crippen molar-refractivity contribution in [1.29, 1.82) is 0 Å². The van der Waals surface area contributed by atoms with E-state index in [2.05, 4.69) is 43.2 Å². The van der Waals surface area contributed by atoms with Crippen LogP contribution >= 0.6 is 0 Å². The highest BCUT2D eigenvalue weighted by atomic mass is 16.2. The van der Waals surface area contributed by atoms with Crippen molar-refractivity contribution in [1.82, 2.24) is 14.7 Å². The summed E-state index contributed by atoms with van der Waals surface area (Å²) in [4.78, 5) is 27.7. The molecule has 25 heavy (non-hydrogen) atoms. The van der Waals surface area contributed by atoms with E-state index in [-0.39, 0.29) is 18.5 Å². The monoisotopic (exact) mass is 340 g/mol. The standard InChI is InChI=1S/C19H24N4O2/c1-4-11-21-13-18(24)23(19(21)25)17-9-10-20-22(17)12-15-5-7-16(8-6-15)14(2)3/h5-10,14H,4,11-13H2,1-3H3. The van der Waals surface area contributed by atoms with Crippen molar-refractivity contribution in [2.24, 2.45) is 0 Å². The quantitative estimate of drug-likeness (QED) is 0.759. The number of urea groups is 1. The molecule has 0 aliphatic carbocycles. The number of hydrogen-bond donors (Lipinski definition) is 0. The summed E-state index contributed by atoms with van der Waals surface area (Å²) in [6, 6.07) is 9.81. The van der Waals surface area contributed by atoms with Gasteiger partial charge in [-0.1, -0.05) is 45.0 Å². The van der Waals surface area contributed by atoms with E-state index < -0.39 is 0 Å². The molecule has 6 nitrogen and oxygen atoms in total. The van der Waals surface area contributed by atoms with Gasteiger partial charge < -0.3 is 4.90 Å². The van der Waals surface area contributed by atoms with Gasteiger partial charge in [-0.2, -0.15) is 5.10 Å². The smallest absolute Gasteiger partial charge is 0.315 e. The fraction of sp³-hybridized carbons (Fsp3) is 0.421. The Bertz CT molecular complexity index is 764. The predicted molar refractivity (Wildman–Crippen MR) is 96.6 cm³/mol. The highest BCUT2D eigenvalue weighted by molar-refractivity contribution is 6.19. The molecule has 0 bridgehead atoms. The van der Waals surface area contributed by atoms with E-state index in [1.54, 1.807) is 21.8 Å². The van der Waals surface area contributed by atoms with E-state index in [1.807, 2.05) is 6.92 Å². The van der Waals surface area contributed by atoms with E-state index in [0.717, 1.165) is 12.0 Å². The van der Waals surface area contributed by atoms with E-state index >= 15 is 0 Å². The number of nitrogens with zero attached hydrogens (tertiary/aromatic N) is 4. The van der Waals surface area contributed by atoms with Gasteiger partial charge in [-0.05, 0) is 23.5 Å². The molecule has 1 saturated heterocycles. The molecule has 2 aromatic rings. The second-order valence-electron chi connectivity index (χ2n) is 6.68. The molecule has 1 aromatic heterocycles. The van der Waals surface area contributed by atoms with Gasteiger partial charge in [0.25, 0.3) is 5.91 Å². The average molecular weight is 340 g/mol. The molecule has 3 amide bonds. The fourth-order valence-electron chi connectivity index (χ4n) is 3.04. The van der Waals surface area contributed by atoms with Gasteiger partial charge in [-0.25, -0.2) is 14.4 Å². The van der Waals surface area contributed by atoms with Crippen molar-refractivity contribution in [3.05, 3.63) is 47.7 Å². The molecule has 0 atom stereocenters. The lowest BCUT2D eigenvalue weighted by Gasteiger charge is -2.17. The summed E-state index contributed by atoms with van der Waals surface area (Å²) in [5.74, 6) is 0.815. The first-order valence-electron chi connectivity index (χ1n) is 8.73. The molecule has 1 aliphatic heterocycles. The second-order valence-corrected chi connectivity index (χ2v) is 6.68. The Morgan fingerprint density at radius 3 is 2.48 bits per heavy atom. The number of carbonyl (C=O) groups excluding carboxylic acids is 2. The van der Waals surface area contributed by atoms with Gasteiger partial charge in [0.05, 0.1) is 12.7 Å². The number of aromatic nitrogens is 2. The third-order valence-electron chi connectivity index (χ3n) is 4.43. The first-order valence-corrected chi connectivity index (χ1v) is 8.73. The molecule has 0 saturated carbocycles. The highest BCUT2D eigenvalue weighted by Crippen LogP contribution is 2.23. The number of carbonyl (C=O) groups is 2. The molecule has 132 valence electrons. The molecule has 1 fully saturated rings. The third kappa shape index (κ3) is 3.43. The largest absolute Gasteiger partial charge is 0.333 e. The summed E-state index contributed by atoms with van der Waals surface area (Å²) in [6.45, 7) is 7.56. The lowest BCUT2D eigenvalue weighted by atomic mass is 10.0. The van der Waals surface area contributed by atoms with Gasteiger partial charge in [0.2, 0.25) is 0 Å². The summed E-state index contributed by atoms with van der Waals surface area (Å²) in [6.07, 6.45) is 2.45. The Kier molecular flexibility index (Phi) is 4.88. The van der Waals surface area contributed by atoms with Crippen LogP contribution in [0.15, 0.2) is 36.5 Å². The van der Waals surface area contributed by atoms with Gasteiger partial charge in [-0.15, -0.1) is 0 Å². The van der Waals surface area contributed by atoms with Crippen LogP contribution in [-0.2, 0) is 11.3 Å². The molecular weight excluding hydrogens is 316 g/mol. The van der Waals surface area contributed by atoms with Gasteiger partial charge in [0.15, 0.2) is 0 Å². The van der Waals surface area contributed by atoms with Crippen LogP contribution in [0, 0.1) is 0 Å². The number of imide groups is 1. The lowest BCUT2D eigenvalue weighted by Crippen LogP contribution is -2.35. The zero-order valence-electron chi connectivity index (χ0n) is 15.0. The number of rotatable bonds is 6. The van der Waals surface area contributed by atoms with E-state index in [9.17, 15) is 9.59 Å². The number of hydrogen-bond acceptors (Lipinski definition) is 3. The predicted octanol–water partition coefficient (Wildman–Crippen LogP) is 3.23. The number of amides is 3. The van der Waals surface area contributed by atoms with Crippen molar-refractivity contribution >= 4 is 17.8 Å². The van der Waals surface area contributed by atoms with E-state index in [1.165, 1.54) is 10.5 Å². The lowest BCUT2D eigenvalue weighted by molar-refractivity contribution is -0.116. The van der Waals surface area contributed by atoms with Crippen LogP contribution in [0.4, 0.5) is 10.6 Å². The molecule has 0 spiro atoms. The van der Waals surface area contributed by atoms with Crippen LogP contribution < -0.4 is 4.90 Å². The van der Waals surface area contributed by atoms with Crippen molar-refractivity contribution in [2.75, 3.05) is 18.0 Å². The number of anilines is 1. The normalized spacial score (nSPS) is 14.9. The number of benzene rings is 1. The van der Waals surface area contributed by atoms with Crippen LogP contribution in [-0.4, -0.2) is 39.7 Å². The van der Waals surface area contributed by atoms with Gasteiger partial charge >= 0.3 is 6.03 Å². The zero-order valence-corrected chi connectivity index (χ0v) is 15.0. The minimum atomic E-state index is -0.260. The summed E-state index contributed by atoms with van der Waals surface area (Å²) >= 11 is 0. The Morgan fingerprint density at radius 1 is 1.12 bits per heavy atom. The Balaban J connectivity index is 1.81. The molecule has 1 aromatic carbocycles. The zero-order chi connectivity index (χ0) is 18.0. The Morgan fingerprint density at radius 2 is 1.84 bits per heavy atom. The molecule has 0 radical (unpaired) electrons. The second kappa shape index (κ2) is 7.09. The van der Waals surface area contributed by atoms with Crippen molar-refractivity contribution in [3.8, 4) is 0 Å². The van der Waals surface area contributed by atoms with Crippen LogP contribution in [0.2, 0.25) is 0 Å². The summed E-state index contributed by atoms with van der Waals surface area (Å²) < 4.78 is 1.70. The van der Waals surface area contributed by atoms with Crippen molar-refractivity contribution < 1.29 is 9.59 Å². The van der Waals surface area contributed by atoms with E-state index in [4.69, 9.17) is 0 Å². The molecule has 1 aliphatic rings. The van der Waals surface area contributed by atoms with Gasteiger partial charge in [-0.3, -0.25) is 4.79 Å². The molecule has 6 heteroatoms. The molecule has 3 rings (SSSR count).